The Hall–Kier alpha value is -1.38. The minimum atomic E-state index is -0.0196. The van der Waals surface area contributed by atoms with Gasteiger partial charge in [0.2, 0.25) is 0 Å². The van der Waals surface area contributed by atoms with Crippen molar-refractivity contribution in [3.8, 4) is 0 Å². The third-order valence-electron chi connectivity index (χ3n) is 2.43. The molecule has 0 aliphatic carbocycles. The lowest BCUT2D eigenvalue weighted by molar-refractivity contribution is 0.582. The molecule has 0 aliphatic heterocycles. The number of nitrogens with zero attached hydrogens (tertiary/aromatic N) is 1. The molecule has 0 radical (unpaired) electrons. The van der Waals surface area contributed by atoms with Crippen LogP contribution < -0.4 is 5.32 Å². The van der Waals surface area contributed by atoms with Crippen molar-refractivity contribution < 1.29 is 0 Å². The topological polar surface area (TPSA) is 41.5 Å². The molecule has 3 nitrogen and oxygen atoms in total. The number of nitroso groups, excluding NO2 is 1. The summed E-state index contributed by atoms with van der Waals surface area (Å²) in [6.07, 6.45) is 0. The van der Waals surface area contributed by atoms with Gasteiger partial charge in [-0.1, -0.05) is 20.8 Å². The first-order valence-corrected chi connectivity index (χ1v) is 5.89. The molecule has 0 atom stereocenters. The molecule has 0 saturated carbocycles. The Balaban J connectivity index is 3.25. The van der Waals surface area contributed by atoms with Gasteiger partial charge in [-0.3, -0.25) is 0 Å². The molecular formula is C14H22N2O. The maximum Gasteiger partial charge on any atom is 0.108 e. The first-order valence-electron chi connectivity index (χ1n) is 5.89. The molecule has 0 saturated heterocycles. The minimum Gasteiger partial charge on any atom is -0.380 e. The van der Waals surface area contributed by atoms with E-state index in [0.717, 1.165) is 11.3 Å². The van der Waals surface area contributed by atoms with Crippen molar-refractivity contribution in [3.63, 3.8) is 0 Å². The zero-order chi connectivity index (χ0) is 13.3. The van der Waals surface area contributed by atoms with Crippen LogP contribution >= 0.6 is 0 Å². The van der Waals surface area contributed by atoms with Crippen molar-refractivity contribution in [2.45, 2.75) is 52.5 Å². The molecule has 0 aromatic heterocycles. The third kappa shape index (κ3) is 3.84. The van der Waals surface area contributed by atoms with Crippen LogP contribution in [0.1, 0.15) is 47.1 Å². The van der Waals surface area contributed by atoms with Gasteiger partial charge in [0, 0.05) is 11.2 Å². The Morgan fingerprint density at radius 1 is 1.06 bits per heavy atom. The first-order chi connectivity index (χ1) is 7.63. The lowest BCUT2D eigenvalue weighted by Gasteiger charge is -2.29. The molecule has 94 valence electrons. The molecule has 1 aromatic rings. The Morgan fingerprint density at radius 2 is 1.65 bits per heavy atom. The predicted octanol–water partition coefficient (Wildman–Crippen LogP) is 4.59. The molecule has 17 heavy (non-hydrogen) atoms. The average Bonchev–Trinajstić information content (AvgIpc) is 2.14. The van der Waals surface area contributed by atoms with Crippen LogP contribution in [0, 0.1) is 4.91 Å². The summed E-state index contributed by atoms with van der Waals surface area (Å²) in [7, 11) is 0. The van der Waals surface area contributed by atoms with Crippen LogP contribution in [0.4, 0.5) is 11.4 Å². The van der Waals surface area contributed by atoms with Crippen LogP contribution in [-0.2, 0) is 5.41 Å². The molecule has 0 unspecified atom stereocenters. The summed E-state index contributed by atoms with van der Waals surface area (Å²) in [6, 6.07) is 5.54. The SMILES string of the molecule is CC(C)(C)Nc1ccc(N=O)cc1C(C)(C)C. The largest absolute Gasteiger partial charge is 0.380 e. The number of rotatable bonds is 2. The second kappa shape index (κ2) is 4.47. The molecule has 0 heterocycles. The van der Waals surface area contributed by atoms with Crippen LogP contribution in [0.2, 0.25) is 0 Å². The van der Waals surface area contributed by atoms with Gasteiger partial charge in [-0.15, -0.1) is 4.91 Å². The quantitative estimate of drug-likeness (QED) is 0.760. The molecule has 1 N–H and O–H groups in total. The number of anilines is 1. The Labute approximate surface area is 104 Å². The van der Waals surface area contributed by atoms with E-state index in [9.17, 15) is 4.91 Å². The number of benzene rings is 1. The standard InChI is InChI=1S/C14H22N2O/c1-13(2,3)11-9-10(16-17)7-8-12(11)15-14(4,5)6/h7-9,15H,1-6H3. The molecular weight excluding hydrogens is 212 g/mol. The zero-order valence-corrected chi connectivity index (χ0v) is 11.6. The van der Waals surface area contributed by atoms with E-state index in [4.69, 9.17) is 0 Å². The highest BCUT2D eigenvalue weighted by Gasteiger charge is 2.21. The maximum atomic E-state index is 10.6. The fraction of sp³-hybridized carbons (Fsp3) is 0.571. The van der Waals surface area contributed by atoms with E-state index >= 15 is 0 Å². The highest BCUT2D eigenvalue weighted by atomic mass is 16.3. The van der Waals surface area contributed by atoms with Gasteiger partial charge in [0.25, 0.3) is 0 Å². The predicted molar refractivity (Wildman–Crippen MR) is 74.0 cm³/mol. The van der Waals surface area contributed by atoms with E-state index in [-0.39, 0.29) is 11.0 Å². The van der Waals surface area contributed by atoms with Gasteiger partial charge in [-0.25, -0.2) is 0 Å². The van der Waals surface area contributed by atoms with Crippen LogP contribution in [-0.4, -0.2) is 5.54 Å². The Morgan fingerprint density at radius 3 is 2.06 bits per heavy atom. The molecule has 1 rings (SSSR count). The molecule has 0 spiro atoms. The van der Waals surface area contributed by atoms with E-state index in [0.29, 0.717) is 5.69 Å². The molecule has 3 heteroatoms. The Bertz CT molecular complexity index is 411. The van der Waals surface area contributed by atoms with Crippen LogP contribution in [0.15, 0.2) is 23.4 Å². The van der Waals surface area contributed by atoms with E-state index in [2.05, 4.69) is 52.0 Å². The summed E-state index contributed by atoms with van der Waals surface area (Å²) in [5, 5.41) is 6.47. The van der Waals surface area contributed by atoms with Crippen molar-refractivity contribution in [3.05, 3.63) is 28.7 Å². The van der Waals surface area contributed by atoms with Crippen molar-refractivity contribution in [2.24, 2.45) is 5.18 Å². The number of nitrogens with one attached hydrogen (secondary N) is 1. The van der Waals surface area contributed by atoms with Gasteiger partial charge in [0.1, 0.15) is 5.69 Å². The van der Waals surface area contributed by atoms with E-state index < -0.39 is 0 Å². The van der Waals surface area contributed by atoms with Gasteiger partial charge >= 0.3 is 0 Å². The lowest BCUT2D eigenvalue weighted by atomic mass is 9.85. The van der Waals surface area contributed by atoms with Crippen LogP contribution in [0.5, 0.6) is 0 Å². The first kappa shape index (κ1) is 13.7. The summed E-state index contributed by atoms with van der Waals surface area (Å²) in [5.41, 5.74) is 2.64. The van der Waals surface area contributed by atoms with Crippen LogP contribution in [0.3, 0.4) is 0 Å². The zero-order valence-electron chi connectivity index (χ0n) is 11.6. The molecule has 1 aromatic carbocycles. The highest BCUT2D eigenvalue weighted by Crippen LogP contribution is 2.34. The van der Waals surface area contributed by atoms with Crippen molar-refractivity contribution in [1.29, 1.82) is 0 Å². The number of hydrogen-bond donors (Lipinski definition) is 1. The van der Waals surface area contributed by atoms with Gasteiger partial charge in [-0.2, -0.15) is 0 Å². The van der Waals surface area contributed by atoms with E-state index in [1.165, 1.54) is 0 Å². The fourth-order valence-electron chi connectivity index (χ4n) is 1.72. The van der Waals surface area contributed by atoms with E-state index in [1.54, 1.807) is 6.07 Å². The smallest absolute Gasteiger partial charge is 0.108 e. The summed E-state index contributed by atoms with van der Waals surface area (Å²) < 4.78 is 0. The summed E-state index contributed by atoms with van der Waals surface area (Å²) in [5.74, 6) is 0. The van der Waals surface area contributed by atoms with Crippen molar-refractivity contribution in [1.82, 2.24) is 0 Å². The summed E-state index contributed by atoms with van der Waals surface area (Å²) in [6.45, 7) is 12.7. The second-order valence-corrected chi connectivity index (χ2v) is 6.45. The summed E-state index contributed by atoms with van der Waals surface area (Å²) in [4.78, 5) is 10.6. The normalized spacial score (nSPS) is 12.4. The maximum absolute atomic E-state index is 10.6. The van der Waals surface area contributed by atoms with Crippen molar-refractivity contribution in [2.75, 3.05) is 5.32 Å². The second-order valence-electron chi connectivity index (χ2n) is 6.45. The van der Waals surface area contributed by atoms with Crippen LogP contribution in [0.25, 0.3) is 0 Å². The number of hydrogen-bond acceptors (Lipinski definition) is 3. The van der Waals surface area contributed by atoms with Gasteiger partial charge in [0.05, 0.1) is 0 Å². The third-order valence-corrected chi connectivity index (χ3v) is 2.43. The lowest BCUT2D eigenvalue weighted by Crippen LogP contribution is -2.28. The van der Waals surface area contributed by atoms with Gasteiger partial charge in [0.15, 0.2) is 0 Å². The molecule has 0 amide bonds. The summed E-state index contributed by atoms with van der Waals surface area (Å²) >= 11 is 0. The van der Waals surface area contributed by atoms with E-state index in [1.807, 2.05) is 12.1 Å². The highest BCUT2D eigenvalue weighted by molar-refractivity contribution is 5.61. The Kier molecular flexibility index (Phi) is 3.60. The van der Waals surface area contributed by atoms with Crippen molar-refractivity contribution >= 4 is 11.4 Å². The average molecular weight is 234 g/mol. The van der Waals surface area contributed by atoms with Gasteiger partial charge in [-0.05, 0) is 55.1 Å². The van der Waals surface area contributed by atoms with Gasteiger partial charge < -0.3 is 5.32 Å². The molecule has 0 aliphatic rings. The molecule has 0 fully saturated rings. The monoisotopic (exact) mass is 234 g/mol. The molecule has 0 bridgehead atoms. The fourth-order valence-corrected chi connectivity index (χ4v) is 1.72. The minimum absolute atomic E-state index is 0.00385.